The minimum absolute atomic E-state index is 0.0549. The number of aromatic nitrogens is 3. The zero-order valence-corrected chi connectivity index (χ0v) is 16.9. The first-order valence-electron chi connectivity index (χ1n) is 9.61. The molecule has 1 aliphatic heterocycles. The summed E-state index contributed by atoms with van der Waals surface area (Å²) >= 11 is 1.48. The number of amides is 2. The lowest BCUT2D eigenvalue weighted by atomic mass is 9.93. The van der Waals surface area contributed by atoms with Gasteiger partial charge in [-0.15, -0.1) is 11.3 Å². The number of carbonyl (C=O) groups is 2. The van der Waals surface area contributed by atoms with Crippen molar-refractivity contribution in [3.05, 3.63) is 70.5 Å². The molecule has 0 saturated heterocycles. The van der Waals surface area contributed by atoms with E-state index in [9.17, 15) is 9.59 Å². The Morgan fingerprint density at radius 3 is 2.63 bits per heavy atom. The van der Waals surface area contributed by atoms with Gasteiger partial charge < -0.3 is 15.2 Å². The van der Waals surface area contributed by atoms with Gasteiger partial charge in [0.25, 0.3) is 0 Å². The van der Waals surface area contributed by atoms with Gasteiger partial charge in [0.05, 0.1) is 16.5 Å². The smallest absolute Gasteiger partial charge is 0.243 e. The van der Waals surface area contributed by atoms with Crippen molar-refractivity contribution in [2.24, 2.45) is 5.73 Å². The van der Waals surface area contributed by atoms with E-state index in [1.165, 1.54) is 11.3 Å². The van der Waals surface area contributed by atoms with Crippen LogP contribution in [0.25, 0.3) is 22.6 Å². The third kappa shape index (κ3) is 3.15. The second-order valence-corrected chi connectivity index (χ2v) is 8.02. The lowest BCUT2D eigenvalue weighted by Gasteiger charge is -2.35. The van der Waals surface area contributed by atoms with Crippen LogP contribution in [0.5, 0.6) is 0 Å². The predicted molar refractivity (Wildman–Crippen MR) is 115 cm³/mol. The number of nitrogens with zero attached hydrogens (tertiary/aromatic N) is 4. The first-order chi connectivity index (χ1) is 14.6. The number of carbonyl (C=O) groups excluding carboxylic acids is 2. The van der Waals surface area contributed by atoms with E-state index in [0.717, 1.165) is 27.9 Å². The molecule has 0 spiro atoms. The fourth-order valence-corrected chi connectivity index (χ4v) is 4.55. The largest absolute Gasteiger partial charge is 0.368 e. The number of rotatable bonds is 4. The summed E-state index contributed by atoms with van der Waals surface area (Å²) in [4.78, 5) is 36.2. The van der Waals surface area contributed by atoms with E-state index in [-0.39, 0.29) is 12.5 Å². The molecule has 0 radical (unpaired) electrons. The van der Waals surface area contributed by atoms with Crippen molar-refractivity contribution in [3.63, 3.8) is 0 Å². The zero-order chi connectivity index (χ0) is 20.7. The standard InChI is InChI=1S/C22H19N5O2S/c23-21(29)19-9-14-5-1-2-6-15(14)10-26(19)20(28)11-27-18-8-4-3-7-16(18)25-22(27)17-12-30-13-24-17/h1-8,12-13,19H,9-11H2,(H2,23,29)/t19-/m1/s1. The molecule has 150 valence electrons. The Hall–Kier alpha value is -3.52. The average molecular weight is 417 g/mol. The van der Waals surface area contributed by atoms with Crippen LogP contribution in [0.15, 0.2) is 59.4 Å². The van der Waals surface area contributed by atoms with E-state index < -0.39 is 11.9 Å². The molecule has 4 aromatic rings. The van der Waals surface area contributed by atoms with E-state index in [2.05, 4.69) is 9.97 Å². The van der Waals surface area contributed by atoms with Crippen molar-refractivity contribution in [2.45, 2.75) is 25.6 Å². The van der Waals surface area contributed by atoms with Gasteiger partial charge in [0.2, 0.25) is 11.8 Å². The summed E-state index contributed by atoms with van der Waals surface area (Å²) in [6.07, 6.45) is 0.431. The number of hydrogen-bond acceptors (Lipinski definition) is 5. The summed E-state index contributed by atoms with van der Waals surface area (Å²) in [5.41, 5.74) is 11.9. The Balaban J connectivity index is 1.53. The van der Waals surface area contributed by atoms with Gasteiger partial charge in [0, 0.05) is 18.3 Å². The minimum atomic E-state index is -0.662. The maximum absolute atomic E-state index is 13.4. The highest BCUT2D eigenvalue weighted by Gasteiger charge is 2.33. The molecule has 2 amide bonds. The van der Waals surface area contributed by atoms with Gasteiger partial charge in [-0.3, -0.25) is 9.59 Å². The maximum atomic E-state index is 13.4. The van der Waals surface area contributed by atoms with Gasteiger partial charge in [-0.2, -0.15) is 0 Å². The van der Waals surface area contributed by atoms with Crippen LogP contribution in [-0.2, 0) is 29.1 Å². The number of thiazole rings is 1. The quantitative estimate of drug-likeness (QED) is 0.552. The lowest BCUT2D eigenvalue weighted by Crippen LogP contribution is -2.52. The number of hydrogen-bond donors (Lipinski definition) is 1. The molecule has 2 aromatic carbocycles. The highest BCUT2D eigenvalue weighted by atomic mass is 32.1. The molecular formula is C22H19N5O2S. The molecule has 1 aliphatic rings. The number of nitrogens with two attached hydrogens (primary N) is 1. The van der Waals surface area contributed by atoms with Crippen molar-refractivity contribution in [2.75, 3.05) is 0 Å². The Kier molecular flexibility index (Phi) is 4.55. The molecule has 5 rings (SSSR count). The van der Waals surface area contributed by atoms with Gasteiger partial charge in [0.15, 0.2) is 5.82 Å². The summed E-state index contributed by atoms with van der Waals surface area (Å²) in [7, 11) is 0. The second-order valence-electron chi connectivity index (χ2n) is 7.30. The molecule has 0 bridgehead atoms. The van der Waals surface area contributed by atoms with E-state index in [4.69, 9.17) is 5.73 Å². The van der Waals surface area contributed by atoms with Crippen LogP contribution in [0.2, 0.25) is 0 Å². The molecule has 2 N–H and O–H groups in total. The van der Waals surface area contributed by atoms with Gasteiger partial charge in [0.1, 0.15) is 18.3 Å². The number of para-hydroxylation sites is 2. The minimum Gasteiger partial charge on any atom is -0.368 e. The normalized spacial score (nSPS) is 15.9. The first-order valence-corrected chi connectivity index (χ1v) is 10.6. The number of imidazole rings is 1. The number of fused-ring (bicyclic) bond motifs is 2. The van der Waals surface area contributed by atoms with E-state index >= 15 is 0 Å². The average Bonchev–Trinajstić information content (AvgIpc) is 3.41. The fraction of sp³-hybridized carbons (Fsp3) is 0.182. The fourth-order valence-electron chi connectivity index (χ4n) is 4.02. The molecular weight excluding hydrogens is 398 g/mol. The van der Waals surface area contributed by atoms with Crippen LogP contribution in [0.4, 0.5) is 0 Å². The molecule has 30 heavy (non-hydrogen) atoms. The van der Waals surface area contributed by atoms with E-state index in [0.29, 0.717) is 18.8 Å². The Bertz CT molecular complexity index is 1250. The topological polar surface area (TPSA) is 94.1 Å². The first kappa shape index (κ1) is 18.5. The predicted octanol–water partition coefficient (Wildman–Crippen LogP) is 2.60. The Morgan fingerprint density at radius 1 is 1.10 bits per heavy atom. The van der Waals surface area contributed by atoms with Crippen LogP contribution in [0.1, 0.15) is 11.1 Å². The maximum Gasteiger partial charge on any atom is 0.243 e. The van der Waals surface area contributed by atoms with Crippen molar-refractivity contribution in [3.8, 4) is 11.5 Å². The molecule has 1 atom stereocenters. The van der Waals surface area contributed by atoms with Crippen LogP contribution < -0.4 is 5.73 Å². The molecule has 0 aliphatic carbocycles. The number of primary amides is 1. The molecule has 0 unspecified atom stereocenters. The SMILES string of the molecule is NC(=O)[C@H]1Cc2ccccc2CN1C(=O)Cn1c(-c2cscn2)nc2ccccc21. The monoisotopic (exact) mass is 417 g/mol. The van der Waals surface area contributed by atoms with Crippen molar-refractivity contribution in [1.82, 2.24) is 19.4 Å². The molecule has 8 heteroatoms. The van der Waals surface area contributed by atoms with Gasteiger partial charge >= 0.3 is 0 Å². The highest BCUT2D eigenvalue weighted by molar-refractivity contribution is 7.07. The van der Waals surface area contributed by atoms with Crippen LogP contribution in [0.3, 0.4) is 0 Å². The molecule has 7 nitrogen and oxygen atoms in total. The number of benzene rings is 2. The summed E-state index contributed by atoms with van der Waals surface area (Å²) < 4.78 is 1.87. The molecule has 3 heterocycles. The molecule has 0 saturated carbocycles. The van der Waals surface area contributed by atoms with E-state index in [1.54, 1.807) is 10.4 Å². The van der Waals surface area contributed by atoms with Gasteiger partial charge in [-0.05, 0) is 23.3 Å². The summed E-state index contributed by atoms with van der Waals surface area (Å²) in [6, 6.07) is 14.9. The van der Waals surface area contributed by atoms with Crippen LogP contribution in [-0.4, -0.2) is 37.3 Å². The highest BCUT2D eigenvalue weighted by Crippen LogP contribution is 2.27. The molecule has 2 aromatic heterocycles. The lowest BCUT2D eigenvalue weighted by molar-refractivity contribution is -0.141. The van der Waals surface area contributed by atoms with Gasteiger partial charge in [-0.1, -0.05) is 36.4 Å². The Labute approximate surface area is 176 Å². The third-order valence-corrected chi connectivity index (χ3v) is 6.09. The summed E-state index contributed by atoms with van der Waals surface area (Å²) in [6.45, 7) is 0.417. The Morgan fingerprint density at radius 2 is 1.87 bits per heavy atom. The third-order valence-electron chi connectivity index (χ3n) is 5.51. The van der Waals surface area contributed by atoms with Crippen molar-refractivity contribution >= 4 is 34.2 Å². The van der Waals surface area contributed by atoms with Gasteiger partial charge in [-0.25, -0.2) is 9.97 Å². The zero-order valence-electron chi connectivity index (χ0n) is 16.1. The summed E-state index contributed by atoms with van der Waals surface area (Å²) in [5, 5.41) is 1.91. The van der Waals surface area contributed by atoms with E-state index in [1.807, 2.05) is 58.5 Å². The molecule has 0 fully saturated rings. The van der Waals surface area contributed by atoms with Crippen LogP contribution >= 0.6 is 11.3 Å². The van der Waals surface area contributed by atoms with Crippen molar-refractivity contribution in [1.29, 1.82) is 0 Å². The second kappa shape index (κ2) is 7.38. The van der Waals surface area contributed by atoms with Crippen molar-refractivity contribution < 1.29 is 9.59 Å². The summed E-state index contributed by atoms with van der Waals surface area (Å²) in [5.74, 6) is -0.0279. The van der Waals surface area contributed by atoms with Crippen LogP contribution in [0, 0.1) is 0 Å².